The molecule has 1 aliphatic rings. The lowest BCUT2D eigenvalue weighted by Crippen LogP contribution is -2.26. The number of fused-ring (bicyclic) bond motifs is 1. The van der Waals surface area contributed by atoms with Gasteiger partial charge in [-0.1, -0.05) is 30.3 Å². The van der Waals surface area contributed by atoms with Crippen molar-refractivity contribution < 1.29 is 14.3 Å². The summed E-state index contributed by atoms with van der Waals surface area (Å²) in [6.07, 6.45) is 0.215. The summed E-state index contributed by atoms with van der Waals surface area (Å²) in [4.78, 5) is 22.4. The molecule has 3 rings (SSSR count). The number of aromatic nitrogens is 2. The van der Waals surface area contributed by atoms with Gasteiger partial charge in [0.15, 0.2) is 0 Å². The van der Waals surface area contributed by atoms with Crippen molar-refractivity contribution in [1.82, 2.24) is 9.97 Å². The third-order valence-electron chi connectivity index (χ3n) is 3.58. The number of methoxy groups -OCH3 is 1. The zero-order valence-electron chi connectivity index (χ0n) is 12.9. The van der Waals surface area contributed by atoms with E-state index in [4.69, 9.17) is 15.2 Å². The van der Waals surface area contributed by atoms with Crippen LogP contribution in [-0.2, 0) is 22.5 Å². The Bertz CT molecular complexity index is 706. The molecule has 2 heterocycles. The van der Waals surface area contributed by atoms with E-state index in [1.807, 2.05) is 30.3 Å². The minimum atomic E-state index is -0.0427. The Hall–Kier alpha value is -2.67. The number of nitrogens with two attached hydrogens (primary N) is 1. The SMILES string of the molecule is COCCOc1nc(N)c2c(n1)N(Cc1ccccc1)C(=O)C2. The Morgan fingerprint density at radius 3 is 2.74 bits per heavy atom. The monoisotopic (exact) mass is 314 g/mol. The molecular formula is C16H18N4O3. The van der Waals surface area contributed by atoms with Crippen molar-refractivity contribution in [2.75, 3.05) is 31.0 Å². The zero-order valence-corrected chi connectivity index (χ0v) is 12.9. The molecule has 0 bridgehead atoms. The van der Waals surface area contributed by atoms with Crippen molar-refractivity contribution in [3.63, 3.8) is 0 Å². The molecule has 0 saturated heterocycles. The van der Waals surface area contributed by atoms with Crippen molar-refractivity contribution in [3.8, 4) is 6.01 Å². The maximum absolute atomic E-state index is 12.3. The van der Waals surface area contributed by atoms with Gasteiger partial charge in [-0.3, -0.25) is 9.69 Å². The highest BCUT2D eigenvalue weighted by Gasteiger charge is 2.32. The van der Waals surface area contributed by atoms with Gasteiger partial charge in [0.1, 0.15) is 18.2 Å². The van der Waals surface area contributed by atoms with Crippen molar-refractivity contribution >= 4 is 17.5 Å². The molecule has 7 nitrogen and oxygen atoms in total. The Balaban J connectivity index is 1.86. The number of benzene rings is 1. The van der Waals surface area contributed by atoms with Gasteiger partial charge in [0.05, 0.1) is 19.6 Å². The molecule has 0 spiro atoms. The van der Waals surface area contributed by atoms with Gasteiger partial charge in [-0.05, 0) is 5.56 Å². The first-order chi connectivity index (χ1) is 11.2. The zero-order chi connectivity index (χ0) is 16.2. The summed E-state index contributed by atoms with van der Waals surface area (Å²) in [6, 6.07) is 9.89. The van der Waals surface area contributed by atoms with Crippen molar-refractivity contribution in [3.05, 3.63) is 41.5 Å². The third-order valence-corrected chi connectivity index (χ3v) is 3.58. The highest BCUT2D eigenvalue weighted by atomic mass is 16.5. The second kappa shape index (κ2) is 6.62. The number of carbonyl (C=O) groups is 1. The van der Waals surface area contributed by atoms with Crippen LogP contribution in [0.15, 0.2) is 30.3 Å². The summed E-state index contributed by atoms with van der Waals surface area (Å²) < 4.78 is 10.3. The fraction of sp³-hybridized carbons (Fsp3) is 0.312. The summed E-state index contributed by atoms with van der Waals surface area (Å²) >= 11 is 0. The Kier molecular flexibility index (Phi) is 4.38. The number of hydrogen-bond donors (Lipinski definition) is 1. The summed E-state index contributed by atoms with van der Waals surface area (Å²) in [5.41, 5.74) is 7.63. The molecule has 23 heavy (non-hydrogen) atoms. The molecule has 0 unspecified atom stereocenters. The van der Waals surface area contributed by atoms with Gasteiger partial charge in [0.25, 0.3) is 0 Å². The van der Waals surface area contributed by atoms with E-state index in [-0.39, 0.29) is 24.2 Å². The lowest BCUT2D eigenvalue weighted by Gasteiger charge is -2.17. The van der Waals surface area contributed by atoms with Gasteiger partial charge < -0.3 is 15.2 Å². The molecule has 1 aromatic carbocycles. The molecule has 0 saturated carbocycles. The highest BCUT2D eigenvalue weighted by molar-refractivity contribution is 6.01. The van der Waals surface area contributed by atoms with Gasteiger partial charge in [0.2, 0.25) is 5.91 Å². The maximum atomic E-state index is 12.3. The summed E-state index contributed by atoms with van der Waals surface area (Å²) in [7, 11) is 1.58. The van der Waals surface area contributed by atoms with Crippen molar-refractivity contribution in [2.45, 2.75) is 13.0 Å². The lowest BCUT2D eigenvalue weighted by molar-refractivity contribution is -0.117. The van der Waals surface area contributed by atoms with Crippen LogP contribution in [0.25, 0.3) is 0 Å². The first kappa shape index (κ1) is 15.2. The number of hydrogen-bond acceptors (Lipinski definition) is 6. The smallest absolute Gasteiger partial charge is 0.320 e. The van der Waals surface area contributed by atoms with Crippen molar-refractivity contribution in [1.29, 1.82) is 0 Å². The second-order valence-electron chi connectivity index (χ2n) is 5.18. The van der Waals surface area contributed by atoms with Crippen LogP contribution in [0.4, 0.5) is 11.6 Å². The fourth-order valence-electron chi connectivity index (χ4n) is 2.44. The van der Waals surface area contributed by atoms with Gasteiger partial charge in [-0.15, -0.1) is 0 Å². The first-order valence-corrected chi connectivity index (χ1v) is 7.31. The van der Waals surface area contributed by atoms with Gasteiger partial charge in [-0.2, -0.15) is 9.97 Å². The topological polar surface area (TPSA) is 90.6 Å². The minimum Gasteiger partial charge on any atom is -0.461 e. The predicted molar refractivity (Wildman–Crippen MR) is 85.2 cm³/mol. The molecule has 7 heteroatoms. The minimum absolute atomic E-state index is 0.0427. The predicted octanol–water partition coefficient (Wildman–Crippen LogP) is 1.17. The lowest BCUT2D eigenvalue weighted by atomic mass is 10.2. The Labute approximate surface area is 134 Å². The molecule has 1 aromatic heterocycles. The van der Waals surface area contributed by atoms with Crippen LogP contribution in [0.1, 0.15) is 11.1 Å². The van der Waals surface area contributed by atoms with E-state index in [0.29, 0.717) is 31.1 Å². The van der Waals surface area contributed by atoms with E-state index in [9.17, 15) is 4.79 Å². The molecule has 2 N–H and O–H groups in total. The van der Waals surface area contributed by atoms with Gasteiger partial charge in [-0.25, -0.2) is 0 Å². The van der Waals surface area contributed by atoms with E-state index in [0.717, 1.165) is 5.56 Å². The van der Waals surface area contributed by atoms with Crippen LogP contribution >= 0.6 is 0 Å². The quantitative estimate of drug-likeness (QED) is 0.805. The molecular weight excluding hydrogens is 296 g/mol. The average molecular weight is 314 g/mol. The highest BCUT2D eigenvalue weighted by Crippen LogP contribution is 2.33. The van der Waals surface area contributed by atoms with E-state index in [1.54, 1.807) is 12.0 Å². The van der Waals surface area contributed by atoms with Crippen LogP contribution in [0.2, 0.25) is 0 Å². The molecule has 0 atom stereocenters. The molecule has 2 aromatic rings. The summed E-state index contributed by atoms with van der Waals surface area (Å²) in [5.74, 6) is 0.768. The molecule has 1 aliphatic heterocycles. The Morgan fingerprint density at radius 2 is 2.00 bits per heavy atom. The van der Waals surface area contributed by atoms with Crippen molar-refractivity contribution in [2.24, 2.45) is 0 Å². The number of rotatable bonds is 6. The standard InChI is InChI=1S/C16H18N4O3/c1-22-7-8-23-16-18-14(17)12-9-13(21)20(15(12)19-16)10-11-5-3-2-4-6-11/h2-6H,7-10H2,1H3,(H2,17,18,19). The number of nitrogens with zero attached hydrogens (tertiary/aromatic N) is 3. The first-order valence-electron chi connectivity index (χ1n) is 7.31. The maximum Gasteiger partial charge on any atom is 0.320 e. The van der Waals surface area contributed by atoms with Gasteiger partial charge >= 0.3 is 6.01 Å². The van der Waals surface area contributed by atoms with Gasteiger partial charge in [0, 0.05) is 12.7 Å². The van der Waals surface area contributed by atoms with Crippen LogP contribution in [0.5, 0.6) is 6.01 Å². The number of amides is 1. The number of anilines is 2. The van der Waals surface area contributed by atoms with Crippen LogP contribution in [-0.4, -0.2) is 36.2 Å². The normalized spacial score (nSPS) is 13.3. The average Bonchev–Trinajstić information content (AvgIpc) is 2.86. The molecule has 1 amide bonds. The molecule has 0 aliphatic carbocycles. The van der Waals surface area contributed by atoms with Crippen LogP contribution < -0.4 is 15.4 Å². The summed E-state index contributed by atoms with van der Waals surface area (Å²) in [5, 5.41) is 0. The number of ether oxygens (including phenoxy) is 2. The van der Waals surface area contributed by atoms with Crippen LogP contribution in [0, 0.1) is 0 Å². The fourth-order valence-corrected chi connectivity index (χ4v) is 2.44. The number of carbonyl (C=O) groups excluding carboxylic acids is 1. The Morgan fingerprint density at radius 1 is 1.22 bits per heavy atom. The van der Waals surface area contributed by atoms with E-state index >= 15 is 0 Å². The second-order valence-corrected chi connectivity index (χ2v) is 5.18. The molecule has 0 fully saturated rings. The molecule has 0 radical (unpaired) electrons. The van der Waals surface area contributed by atoms with E-state index in [1.165, 1.54) is 0 Å². The van der Waals surface area contributed by atoms with Crippen LogP contribution in [0.3, 0.4) is 0 Å². The molecule has 120 valence electrons. The van der Waals surface area contributed by atoms with E-state index < -0.39 is 0 Å². The number of nitrogen functional groups attached to an aromatic ring is 1. The third kappa shape index (κ3) is 3.24. The largest absolute Gasteiger partial charge is 0.461 e. The van der Waals surface area contributed by atoms with E-state index in [2.05, 4.69) is 9.97 Å². The summed E-state index contributed by atoms with van der Waals surface area (Å²) in [6.45, 7) is 1.19.